The molecular weight excluding hydrogens is 436 g/mol. The minimum atomic E-state index is -8.07. The molecule has 0 heterocycles. The molecule has 170 valence electrons. The third kappa shape index (κ3) is 3.99. The fraction of sp³-hybridized carbons (Fsp3) is 1.00. The van der Waals surface area contributed by atoms with Crippen LogP contribution < -0.4 is 5.73 Å². The lowest BCUT2D eigenvalue weighted by atomic mass is 9.87. The van der Waals surface area contributed by atoms with Crippen LogP contribution in [0.1, 0.15) is 33.1 Å². The van der Waals surface area contributed by atoms with Crippen LogP contribution in [-0.4, -0.2) is 41.6 Å². The van der Waals surface area contributed by atoms with E-state index in [1.54, 1.807) is 0 Å². The molecule has 1 nitrogen and oxygen atoms in total. The Morgan fingerprint density at radius 2 is 0.893 bits per heavy atom. The van der Waals surface area contributed by atoms with Crippen molar-refractivity contribution in [2.45, 2.75) is 74.7 Å². The molecule has 15 heteroatoms. The first kappa shape index (κ1) is 27.0. The van der Waals surface area contributed by atoms with Crippen molar-refractivity contribution in [3.63, 3.8) is 0 Å². The van der Waals surface area contributed by atoms with E-state index < -0.39 is 54.4 Å². The topological polar surface area (TPSA) is 26.0 Å². The second-order valence-electron chi connectivity index (χ2n) is 6.52. The van der Waals surface area contributed by atoms with Crippen LogP contribution in [0.4, 0.5) is 61.5 Å². The monoisotopic (exact) mass is 451 g/mol. The van der Waals surface area contributed by atoms with Crippen molar-refractivity contribution in [2.75, 3.05) is 0 Å². The molecule has 0 aromatic rings. The molecule has 0 radical (unpaired) electrons. The number of hydrogen-bond acceptors (Lipinski definition) is 1. The van der Waals surface area contributed by atoms with Gasteiger partial charge < -0.3 is 0 Å². The Morgan fingerprint density at radius 1 is 0.571 bits per heavy atom. The maximum Gasteiger partial charge on any atom is 0.460 e. The molecule has 0 aliphatic heterocycles. The molecule has 1 atom stereocenters. The first-order valence-corrected chi connectivity index (χ1v) is 7.35. The first-order chi connectivity index (χ1) is 11.9. The third-order valence-electron chi connectivity index (χ3n) is 3.78. The van der Waals surface area contributed by atoms with E-state index in [4.69, 9.17) is 0 Å². The van der Waals surface area contributed by atoms with Crippen molar-refractivity contribution in [2.24, 2.45) is 11.7 Å². The van der Waals surface area contributed by atoms with Gasteiger partial charge >= 0.3 is 35.8 Å². The van der Waals surface area contributed by atoms with Gasteiger partial charge in [-0.25, -0.2) is 4.39 Å². The van der Waals surface area contributed by atoms with Gasteiger partial charge in [-0.3, -0.25) is 5.73 Å². The number of nitrogens with two attached hydrogens (primary N) is 1. The molecule has 1 unspecified atom stereocenters. The molecule has 0 aromatic heterocycles. The smallest absolute Gasteiger partial charge is 0.294 e. The molecule has 0 aromatic carbocycles. The van der Waals surface area contributed by atoms with Crippen LogP contribution in [0.2, 0.25) is 0 Å². The molecule has 0 aliphatic carbocycles. The molecule has 0 aliphatic rings. The Hall–Kier alpha value is -1.02. The summed E-state index contributed by atoms with van der Waals surface area (Å²) in [4.78, 5) is 0. The van der Waals surface area contributed by atoms with Crippen LogP contribution in [0, 0.1) is 5.92 Å². The van der Waals surface area contributed by atoms with E-state index in [1.807, 2.05) is 0 Å². The van der Waals surface area contributed by atoms with Gasteiger partial charge in [0, 0.05) is 6.42 Å². The van der Waals surface area contributed by atoms with Crippen LogP contribution in [0.25, 0.3) is 0 Å². The maximum absolute atomic E-state index is 13.8. The second kappa shape index (κ2) is 7.35. The second-order valence-corrected chi connectivity index (χ2v) is 6.52. The Morgan fingerprint density at radius 3 is 1.21 bits per heavy atom. The molecule has 28 heavy (non-hydrogen) atoms. The summed E-state index contributed by atoms with van der Waals surface area (Å²) in [5, 5.41) is 0. The maximum atomic E-state index is 13.8. The molecule has 0 fully saturated rings. The highest BCUT2D eigenvalue weighted by Gasteiger charge is 2.92. The van der Waals surface area contributed by atoms with Crippen LogP contribution >= 0.6 is 0 Å². The lowest BCUT2D eigenvalue weighted by Gasteiger charge is -2.42. The van der Waals surface area contributed by atoms with E-state index in [9.17, 15) is 61.5 Å². The number of hydrogen-bond donors (Lipinski definition) is 1. The van der Waals surface area contributed by atoms with Gasteiger partial charge in [-0.15, -0.1) is 0 Å². The van der Waals surface area contributed by atoms with Gasteiger partial charge in [-0.2, -0.15) is 57.1 Å². The van der Waals surface area contributed by atoms with E-state index >= 15 is 0 Å². The normalized spacial score (nSPS) is 17.8. The van der Waals surface area contributed by atoms with Gasteiger partial charge in [0.2, 0.25) is 5.79 Å². The van der Waals surface area contributed by atoms with Gasteiger partial charge in [0.25, 0.3) is 0 Å². The standard InChI is InChI=1S/C13H15F14N/c1-6(2)4-3-5-7(14,28)8(15,16)9(17,18)10(19,20)11(21,22)12(23,24)13(25,26)27/h6H,3-5,28H2,1-2H3. The average Bonchev–Trinajstić information content (AvgIpc) is 2.44. The Labute approximate surface area is 149 Å². The molecule has 0 saturated carbocycles. The zero-order valence-electron chi connectivity index (χ0n) is 14.1. The number of halogens is 14. The molecule has 0 bridgehead atoms. The predicted molar refractivity (Wildman–Crippen MR) is 67.5 cm³/mol. The lowest BCUT2D eigenvalue weighted by molar-refractivity contribution is -0.447. The van der Waals surface area contributed by atoms with Crippen LogP contribution in [0.15, 0.2) is 0 Å². The summed E-state index contributed by atoms with van der Waals surface area (Å²) in [6.07, 6.45) is -10.2. The molecule has 0 amide bonds. The number of rotatable bonds is 9. The highest BCUT2D eigenvalue weighted by molar-refractivity contribution is 5.13. The largest absolute Gasteiger partial charge is 0.460 e. The fourth-order valence-electron chi connectivity index (χ4n) is 1.96. The minimum Gasteiger partial charge on any atom is -0.294 e. The van der Waals surface area contributed by atoms with E-state index in [0.717, 1.165) is 0 Å². The highest BCUT2D eigenvalue weighted by atomic mass is 19.4. The van der Waals surface area contributed by atoms with E-state index in [2.05, 4.69) is 5.73 Å². The summed E-state index contributed by atoms with van der Waals surface area (Å²) in [5.41, 5.74) is 4.22. The summed E-state index contributed by atoms with van der Waals surface area (Å²) in [6.45, 7) is 2.88. The molecule has 0 rings (SSSR count). The molecule has 0 saturated heterocycles. The van der Waals surface area contributed by atoms with Crippen molar-refractivity contribution < 1.29 is 61.5 Å². The van der Waals surface area contributed by atoms with Crippen molar-refractivity contribution in [3.05, 3.63) is 0 Å². The summed E-state index contributed by atoms with van der Waals surface area (Å²) in [7, 11) is 0. The zero-order chi connectivity index (χ0) is 23.2. The van der Waals surface area contributed by atoms with Crippen molar-refractivity contribution in [1.82, 2.24) is 0 Å². The SMILES string of the molecule is CC(C)CCCC(N)(F)C(F)(F)C(F)(F)C(F)(F)C(F)(F)C(F)(F)C(F)(F)F. The summed E-state index contributed by atoms with van der Waals surface area (Å²) in [5.74, 6) is -44.1. The van der Waals surface area contributed by atoms with Crippen molar-refractivity contribution in [3.8, 4) is 0 Å². The minimum absolute atomic E-state index is 0.163. The zero-order valence-corrected chi connectivity index (χ0v) is 14.1. The van der Waals surface area contributed by atoms with Crippen LogP contribution in [0.5, 0.6) is 0 Å². The van der Waals surface area contributed by atoms with Gasteiger partial charge in [-0.1, -0.05) is 20.3 Å². The first-order valence-electron chi connectivity index (χ1n) is 7.35. The quantitative estimate of drug-likeness (QED) is 0.329. The Bertz CT molecular complexity index is 534. The predicted octanol–water partition coefficient (Wildman–Crippen LogP) is 6.18. The fourth-order valence-corrected chi connectivity index (χ4v) is 1.96. The Kier molecular flexibility index (Phi) is 7.08. The van der Waals surface area contributed by atoms with Gasteiger partial charge in [0.1, 0.15) is 0 Å². The van der Waals surface area contributed by atoms with Crippen LogP contribution in [-0.2, 0) is 0 Å². The van der Waals surface area contributed by atoms with E-state index in [-0.39, 0.29) is 12.3 Å². The average molecular weight is 451 g/mol. The van der Waals surface area contributed by atoms with Gasteiger partial charge in [-0.05, 0) is 12.3 Å². The van der Waals surface area contributed by atoms with E-state index in [1.165, 1.54) is 13.8 Å². The molecule has 0 spiro atoms. The highest BCUT2D eigenvalue weighted by Crippen LogP contribution is 2.61. The van der Waals surface area contributed by atoms with Gasteiger partial charge in [0.05, 0.1) is 0 Å². The molecular formula is C13H15F14N. The summed E-state index contributed by atoms with van der Waals surface area (Å²) < 4.78 is 182. The number of alkyl halides is 14. The van der Waals surface area contributed by atoms with E-state index in [0.29, 0.717) is 0 Å². The Balaban J connectivity index is 6.17. The molecule has 2 N–H and O–H groups in total. The van der Waals surface area contributed by atoms with Crippen LogP contribution in [0.3, 0.4) is 0 Å². The van der Waals surface area contributed by atoms with Crippen molar-refractivity contribution in [1.29, 1.82) is 0 Å². The van der Waals surface area contributed by atoms with Gasteiger partial charge in [0.15, 0.2) is 0 Å². The van der Waals surface area contributed by atoms with Crippen molar-refractivity contribution >= 4 is 0 Å². The summed E-state index contributed by atoms with van der Waals surface area (Å²) in [6, 6.07) is 0. The third-order valence-corrected chi connectivity index (χ3v) is 3.78. The summed E-state index contributed by atoms with van der Waals surface area (Å²) >= 11 is 0. The lowest BCUT2D eigenvalue weighted by Crippen LogP contribution is -2.74.